The van der Waals surface area contributed by atoms with E-state index in [-0.39, 0.29) is 11.6 Å². The lowest BCUT2D eigenvalue weighted by molar-refractivity contribution is 0.263. The first-order valence-corrected chi connectivity index (χ1v) is 6.19. The maximum Gasteiger partial charge on any atom is 0.289 e. The molecule has 17 heavy (non-hydrogen) atoms. The van der Waals surface area contributed by atoms with Gasteiger partial charge in [-0.25, -0.2) is 4.99 Å². The van der Waals surface area contributed by atoms with Crippen LogP contribution in [0.15, 0.2) is 26.5 Å². The van der Waals surface area contributed by atoms with Crippen LogP contribution in [0, 0.1) is 0 Å². The van der Waals surface area contributed by atoms with Crippen LogP contribution in [0.3, 0.4) is 0 Å². The highest BCUT2D eigenvalue weighted by atomic mass is 79.9. The van der Waals surface area contributed by atoms with Gasteiger partial charge in [-0.15, -0.1) is 0 Å². The summed E-state index contributed by atoms with van der Waals surface area (Å²) in [4.78, 5) is 16.1. The lowest BCUT2D eigenvalue weighted by atomic mass is 10.2. The minimum Gasteiger partial charge on any atom is -0.465 e. The molecule has 6 heteroatoms. The van der Waals surface area contributed by atoms with Crippen molar-refractivity contribution in [2.24, 2.45) is 12.0 Å². The zero-order valence-electron chi connectivity index (χ0n) is 9.74. The first-order chi connectivity index (χ1) is 8.06. The van der Waals surface area contributed by atoms with Crippen molar-refractivity contribution < 1.29 is 4.74 Å². The predicted octanol–water partition coefficient (Wildman–Crippen LogP) is 1.72. The fourth-order valence-electron chi connectivity index (χ4n) is 1.57. The molecule has 0 bridgehead atoms. The molecule has 0 aromatic carbocycles. The summed E-state index contributed by atoms with van der Waals surface area (Å²) < 4.78 is 7.69. The van der Waals surface area contributed by atoms with Crippen molar-refractivity contribution >= 4 is 27.6 Å². The Hall–Kier alpha value is -1.30. The van der Waals surface area contributed by atoms with E-state index in [9.17, 15) is 4.79 Å². The van der Waals surface area contributed by atoms with Crippen LogP contribution >= 0.6 is 15.9 Å². The zero-order valence-corrected chi connectivity index (χ0v) is 11.3. The molecule has 0 fully saturated rings. The molecule has 1 N–H and O–H groups in total. The summed E-state index contributed by atoms with van der Waals surface area (Å²) in [6, 6.07) is 2.36. The Kier molecular flexibility index (Phi) is 3.51. The molecule has 5 nitrogen and oxygen atoms in total. The molecule has 2 heterocycles. The van der Waals surface area contributed by atoms with Crippen LogP contribution in [0.1, 0.15) is 13.3 Å². The number of pyridine rings is 1. The third-order valence-corrected chi connectivity index (χ3v) is 2.94. The Balaban J connectivity index is 2.27. The summed E-state index contributed by atoms with van der Waals surface area (Å²) in [5.41, 5.74) is 0.340. The van der Waals surface area contributed by atoms with Crippen LogP contribution in [-0.2, 0) is 11.8 Å². The third-order valence-electron chi connectivity index (χ3n) is 2.50. The second-order valence-corrected chi connectivity index (χ2v) is 4.95. The van der Waals surface area contributed by atoms with Crippen molar-refractivity contribution in [1.29, 1.82) is 0 Å². The maximum atomic E-state index is 11.8. The van der Waals surface area contributed by atoms with E-state index in [1.165, 1.54) is 4.57 Å². The minimum absolute atomic E-state index is 0.113. The van der Waals surface area contributed by atoms with Gasteiger partial charge in [-0.05, 0) is 28.9 Å². The molecular formula is C11H14BrN3O2. The van der Waals surface area contributed by atoms with Crippen molar-refractivity contribution in [3.05, 3.63) is 27.1 Å². The standard InChI is InChI=1S/C11H14BrN3O2/c1-7-3-4-17-11(13-7)14-9-5-8(12)6-15(2)10(9)16/h5-7H,3-4H2,1-2H3,(H,13,14). The Labute approximate surface area is 108 Å². The highest BCUT2D eigenvalue weighted by Crippen LogP contribution is 2.13. The largest absolute Gasteiger partial charge is 0.465 e. The molecule has 1 aliphatic rings. The van der Waals surface area contributed by atoms with Crippen molar-refractivity contribution in [1.82, 2.24) is 4.57 Å². The number of nitrogens with zero attached hydrogens (tertiary/aromatic N) is 2. The van der Waals surface area contributed by atoms with E-state index in [1.54, 1.807) is 19.3 Å². The number of ether oxygens (including phenoxy) is 1. The van der Waals surface area contributed by atoms with Gasteiger partial charge in [-0.3, -0.25) is 4.79 Å². The van der Waals surface area contributed by atoms with Gasteiger partial charge < -0.3 is 14.6 Å². The molecule has 0 saturated carbocycles. The quantitative estimate of drug-likeness (QED) is 0.859. The summed E-state index contributed by atoms with van der Waals surface area (Å²) in [7, 11) is 1.70. The monoisotopic (exact) mass is 299 g/mol. The van der Waals surface area contributed by atoms with Crippen molar-refractivity contribution in [2.75, 3.05) is 11.9 Å². The van der Waals surface area contributed by atoms with Crippen LogP contribution in [0.25, 0.3) is 0 Å². The van der Waals surface area contributed by atoms with E-state index < -0.39 is 0 Å². The van der Waals surface area contributed by atoms with Crippen LogP contribution in [0.2, 0.25) is 0 Å². The molecule has 0 saturated heterocycles. The van der Waals surface area contributed by atoms with E-state index in [4.69, 9.17) is 4.74 Å². The van der Waals surface area contributed by atoms with Gasteiger partial charge in [-0.1, -0.05) is 0 Å². The Morgan fingerprint density at radius 1 is 1.65 bits per heavy atom. The zero-order chi connectivity index (χ0) is 12.4. The summed E-state index contributed by atoms with van der Waals surface area (Å²) in [5, 5.41) is 2.93. The third kappa shape index (κ3) is 2.88. The number of hydrogen-bond donors (Lipinski definition) is 1. The molecule has 0 radical (unpaired) electrons. The molecule has 0 aliphatic carbocycles. The van der Waals surface area contributed by atoms with Crippen molar-refractivity contribution in [2.45, 2.75) is 19.4 Å². The number of anilines is 1. The van der Waals surface area contributed by atoms with Gasteiger partial charge in [0.25, 0.3) is 11.6 Å². The van der Waals surface area contributed by atoms with Gasteiger partial charge in [0.2, 0.25) is 0 Å². The average molecular weight is 300 g/mol. The first-order valence-electron chi connectivity index (χ1n) is 5.40. The van der Waals surface area contributed by atoms with Crippen molar-refractivity contribution in [3.8, 4) is 0 Å². The number of aromatic nitrogens is 1. The molecule has 1 unspecified atom stereocenters. The predicted molar refractivity (Wildman–Crippen MR) is 70.5 cm³/mol. The Morgan fingerprint density at radius 2 is 2.41 bits per heavy atom. The van der Waals surface area contributed by atoms with Crippen molar-refractivity contribution in [3.63, 3.8) is 0 Å². The highest BCUT2D eigenvalue weighted by Gasteiger charge is 2.13. The fraction of sp³-hybridized carbons (Fsp3) is 0.455. The second-order valence-electron chi connectivity index (χ2n) is 4.03. The van der Waals surface area contributed by atoms with Crippen LogP contribution in [-0.4, -0.2) is 23.2 Å². The molecule has 1 aromatic rings. The maximum absolute atomic E-state index is 11.8. The minimum atomic E-state index is -0.113. The summed E-state index contributed by atoms with van der Waals surface area (Å²) >= 11 is 3.34. The van der Waals surface area contributed by atoms with Gasteiger partial charge in [0, 0.05) is 24.1 Å². The van der Waals surface area contributed by atoms with Gasteiger partial charge in [0.1, 0.15) is 5.69 Å². The number of aryl methyl sites for hydroxylation is 1. The highest BCUT2D eigenvalue weighted by molar-refractivity contribution is 9.10. The second kappa shape index (κ2) is 4.91. The molecule has 0 spiro atoms. The van der Waals surface area contributed by atoms with Crippen LogP contribution in [0.5, 0.6) is 0 Å². The number of halogens is 1. The van der Waals surface area contributed by atoms with Gasteiger partial charge >= 0.3 is 0 Å². The molecular weight excluding hydrogens is 286 g/mol. The summed E-state index contributed by atoms with van der Waals surface area (Å²) in [6.07, 6.45) is 2.61. The normalized spacial score (nSPS) is 19.5. The van der Waals surface area contributed by atoms with Gasteiger partial charge in [0.05, 0.1) is 12.6 Å². The smallest absolute Gasteiger partial charge is 0.289 e. The van der Waals surface area contributed by atoms with E-state index >= 15 is 0 Å². The van der Waals surface area contributed by atoms with E-state index in [0.29, 0.717) is 18.3 Å². The van der Waals surface area contributed by atoms with E-state index in [2.05, 4.69) is 26.2 Å². The van der Waals surface area contributed by atoms with Gasteiger partial charge in [-0.2, -0.15) is 0 Å². The molecule has 92 valence electrons. The fourth-order valence-corrected chi connectivity index (χ4v) is 2.11. The molecule has 1 atom stereocenters. The lowest BCUT2D eigenvalue weighted by Gasteiger charge is -2.19. The summed E-state index contributed by atoms with van der Waals surface area (Å²) in [6.45, 7) is 2.64. The molecule has 1 aliphatic heterocycles. The Morgan fingerprint density at radius 3 is 3.12 bits per heavy atom. The lowest BCUT2D eigenvalue weighted by Crippen LogP contribution is -2.29. The molecule has 0 amide bonds. The number of rotatable bonds is 1. The number of hydrogen-bond acceptors (Lipinski definition) is 4. The van der Waals surface area contributed by atoms with E-state index in [1.807, 2.05) is 6.92 Å². The molecule has 1 aromatic heterocycles. The van der Waals surface area contributed by atoms with Crippen LogP contribution in [0.4, 0.5) is 5.69 Å². The number of amidine groups is 1. The Bertz CT molecular complexity index is 510. The molecule has 2 rings (SSSR count). The topological polar surface area (TPSA) is 55.6 Å². The number of nitrogens with one attached hydrogen (secondary N) is 1. The van der Waals surface area contributed by atoms with E-state index in [0.717, 1.165) is 10.9 Å². The van der Waals surface area contributed by atoms with Gasteiger partial charge in [0.15, 0.2) is 0 Å². The SMILES string of the molecule is CC1CCOC(Nc2cc(Br)cn(C)c2=O)=N1. The average Bonchev–Trinajstić information content (AvgIpc) is 2.25. The summed E-state index contributed by atoms with van der Waals surface area (Å²) in [5.74, 6) is 0. The van der Waals surface area contributed by atoms with Crippen LogP contribution < -0.4 is 10.9 Å². The first kappa shape index (κ1) is 12.2. The number of aliphatic imine (C=N–C) groups is 1.